The Morgan fingerprint density at radius 1 is 1.30 bits per heavy atom. The highest BCUT2D eigenvalue weighted by Gasteiger charge is 2.17. The van der Waals surface area contributed by atoms with Gasteiger partial charge in [-0.1, -0.05) is 18.0 Å². The molecule has 1 N–H and O–H groups in total. The van der Waals surface area contributed by atoms with Crippen molar-refractivity contribution in [2.45, 2.75) is 45.4 Å². The van der Waals surface area contributed by atoms with Crippen LogP contribution in [0, 0.1) is 6.92 Å². The average molecular weight is 291 g/mol. The lowest BCUT2D eigenvalue weighted by atomic mass is 10.0. The molecule has 0 radical (unpaired) electrons. The number of hydrogen-bond donors (Lipinski definition) is 1. The predicted molar refractivity (Wildman–Crippen MR) is 77.2 cm³/mol. The summed E-state index contributed by atoms with van der Waals surface area (Å²) in [7, 11) is 0. The van der Waals surface area contributed by atoms with Gasteiger partial charge in [0.2, 0.25) is 0 Å². The monoisotopic (exact) mass is 291 g/mol. The van der Waals surface area contributed by atoms with Crippen LogP contribution in [0.4, 0.5) is 5.13 Å². The third-order valence-corrected chi connectivity index (χ3v) is 4.50. The van der Waals surface area contributed by atoms with Crippen molar-refractivity contribution in [2.24, 2.45) is 0 Å². The Bertz CT molecular complexity index is 592. The first-order chi connectivity index (χ1) is 9.72. The van der Waals surface area contributed by atoms with E-state index < -0.39 is 0 Å². The molecule has 1 aliphatic rings. The number of fused-ring (bicyclic) bond motifs is 1. The summed E-state index contributed by atoms with van der Waals surface area (Å²) in [5.74, 6) is 0.366. The zero-order chi connectivity index (χ0) is 13.9. The van der Waals surface area contributed by atoms with E-state index in [0.717, 1.165) is 18.5 Å². The molecular weight excluding hydrogens is 274 g/mol. The van der Waals surface area contributed by atoms with Crippen molar-refractivity contribution in [3.05, 3.63) is 28.1 Å². The van der Waals surface area contributed by atoms with Crippen molar-refractivity contribution in [1.29, 1.82) is 0 Å². The fraction of sp³-hybridized carbons (Fsp3) is 0.500. The van der Waals surface area contributed by atoms with E-state index in [-0.39, 0.29) is 5.91 Å². The maximum Gasteiger partial charge on any atom is 0.279 e. The Balaban J connectivity index is 1.74. The molecule has 106 valence electrons. The summed E-state index contributed by atoms with van der Waals surface area (Å²) < 4.78 is 4.91. The number of anilines is 1. The highest BCUT2D eigenvalue weighted by molar-refractivity contribution is 7.15. The van der Waals surface area contributed by atoms with Crippen LogP contribution in [0.5, 0.6) is 0 Å². The zero-order valence-electron chi connectivity index (χ0n) is 11.4. The second-order valence-corrected chi connectivity index (χ2v) is 6.16. The van der Waals surface area contributed by atoms with E-state index >= 15 is 0 Å². The third-order valence-electron chi connectivity index (χ3n) is 3.43. The number of amides is 1. The van der Waals surface area contributed by atoms with E-state index in [4.69, 9.17) is 4.52 Å². The van der Waals surface area contributed by atoms with Crippen molar-refractivity contribution in [1.82, 2.24) is 10.1 Å². The van der Waals surface area contributed by atoms with Crippen LogP contribution < -0.4 is 5.32 Å². The Hall–Kier alpha value is -1.69. The summed E-state index contributed by atoms with van der Waals surface area (Å²) >= 11 is 1.59. The van der Waals surface area contributed by atoms with Gasteiger partial charge in [-0.25, -0.2) is 4.98 Å². The average Bonchev–Trinajstić information content (AvgIpc) is 2.97. The summed E-state index contributed by atoms with van der Waals surface area (Å²) in [6, 6.07) is 1.62. The lowest BCUT2D eigenvalue weighted by Gasteiger charge is -2.06. The van der Waals surface area contributed by atoms with Crippen molar-refractivity contribution < 1.29 is 9.32 Å². The Morgan fingerprint density at radius 3 is 2.85 bits per heavy atom. The Morgan fingerprint density at radius 2 is 2.10 bits per heavy atom. The van der Waals surface area contributed by atoms with Crippen molar-refractivity contribution in [3.8, 4) is 0 Å². The number of thiazole rings is 1. The third kappa shape index (κ3) is 2.90. The number of rotatable bonds is 2. The van der Waals surface area contributed by atoms with Crippen molar-refractivity contribution in [2.75, 3.05) is 5.32 Å². The summed E-state index contributed by atoms with van der Waals surface area (Å²) in [6.07, 6.45) is 7.06. The van der Waals surface area contributed by atoms with Crippen molar-refractivity contribution in [3.63, 3.8) is 0 Å². The molecule has 0 bridgehead atoms. The van der Waals surface area contributed by atoms with Crippen LogP contribution in [0.2, 0.25) is 0 Å². The number of nitrogens with one attached hydrogen (secondary N) is 1. The quantitative estimate of drug-likeness (QED) is 0.921. The lowest BCUT2D eigenvalue weighted by molar-refractivity contribution is 0.101. The van der Waals surface area contributed by atoms with Crippen LogP contribution >= 0.6 is 11.3 Å². The van der Waals surface area contributed by atoms with Gasteiger partial charge in [-0.2, -0.15) is 0 Å². The number of hydrogen-bond acceptors (Lipinski definition) is 5. The van der Waals surface area contributed by atoms with E-state index in [1.165, 1.54) is 30.6 Å². The molecule has 2 heterocycles. The molecule has 3 rings (SSSR count). The van der Waals surface area contributed by atoms with Crippen LogP contribution in [-0.2, 0) is 12.8 Å². The van der Waals surface area contributed by atoms with Gasteiger partial charge < -0.3 is 4.52 Å². The molecule has 2 aromatic heterocycles. The molecule has 20 heavy (non-hydrogen) atoms. The summed E-state index contributed by atoms with van der Waals surface area (Å²) in [5.41, 5.74) is 1.45. The van der Waals surface area contributed by atoms with Gasteiger partial charge in [-0.05, 0) is 32.6 Å². The minimum atomic E-state index is -0.261. The SMILES string of the molecule is Cc1cc(C(=O)Nc2nc3c(s2)CCCCCC3)no1. The second kappa shape index (κ2) is 5.75. The Labute approximate surface area is 121 Å². The molecule has 0 aromatic carbocycles. The molecule has 0 unspecified atom stereocenters. The highest BCUT2D eigenvalue weighted by Crippen LogP contribution is 2.28. The van der Waals surface area contributed by atoms with Gasteiger partial charge >= 0.3 is 0 Å². The van der Waals surface area contributed by atoms with Gasteiger partial charge in [-0.3, -0.25) is 10.1 Å². The first-order valence-electron chi connectivity index (χ1n) is 6.95. The van der Waals surface area contributed by atoms with Gasteiger partial charge in [0.1, 0.15) is 5.76 Å². The van der Waals surface area contributed by atoms with Crippen LogP contribution in [0.15, 0.2) is 10.6 Å². The van der Waals surface area contributed by atoms with E-state index in [1.54, 1.807) is 24.3 Å². The standard InChI is InChI=1S/C14H17N3O2S/c1-9-8-11(17-19-9)13(18)16-14-15-10-6-4-2-3-5-7-12(10)20-14/h8H,2-7H2,1H3,(H,15,16,18). The first kappa shape index (κ1) is 13.3. The van der Waals surface area contributed by atoms with Crippen LogP contribution in [0.25, 0.3) is 0 Å². The smallest absolute Gasteiger partial charge is 0.279 e. The molecule has 2 aromatic rings. The van der Waals surface area contributed by atoms with Gasteiger partial charge in [-0.15, -0.1) is 11.3 Å². The topological polar surface area (TPSA) is 68.0 Å². The molecule has 0 saturated heterocycles. The molecule has 0 saturated carbocycles. The molecule has 5 nitrogen and oxygen atoms in total. The van der Waals surface area contributed by atoms with E-state index in [1.807, 2.05) is 0 Å². The lowest BCUT2D eigenvalue weighted by Crippen LogP contribution is -2.12. The van der Waals surface area contributed by atoms with E-state index in [2.05, 4.69) is 15.5 Å². The largest absolute Gasteiger partial charge is 0.361 e. The van der Waals surface area contributed by atoms with E-state index in [9.17, 15) is 4.79 Å². The van der Waals surface area contributed by atoms with Gasteiger partial charge in [0.25, 0.3) is 5.91 Å². The minimum Gasteiger partial charge on any atom is -0.361 e. The highest BCUT2D eigenvalue weighted by atomic mass is 32.1. The summed E-state index contributed by atoms with van der Waals surface area (Å²) in [5, 5.41) is 7.20. The number of aromatic nitrogens is 2. The zero-order valence-corrected chi connectivity index (χ0v) is 12.3. The number of nitrogens with zero attached hydrogens (tertiary/aromatic N) is 2. The molecule has 6 heteroatoms. The molecular formula is C14H17N3O2S. The molecule has 0 fully saturated rings. The predicted octanol–water partition coefficient (Wildman–Crippen LogP) is 3.35. The van der Waals surface area contributed by atoms with E-state index in [0.29, 0.717) is 16.6 Å². The van der Waals surface area contributed by atoms with Crippen LogP contribution in [-0.4, -0.2) is 16.0 Å². The maximum atomic E-state index is 12.0. The summed E-state index contributed by atoms with van der Waals surface area (Å²) in [4.78, 5) is 17.9. The maximum absolute atomic E-state index is 12.0. The molecule has 0 aliphatic heterocycles. The second-order valence-electron chi connectivity index (χ2n) is 5.08. The minimum absolute atomic E-state index is 0.261. The molecule has 0 atom stereocenters. The van der Waals surface area contributed by atoms with Gasteiger partial charge in [0, 0.05) is 10.9 Å². The molecule has 1 aliphatic carbocycles. The normalized spacial score (nSPS) is 15.2. The van der Waals surface area contributed by atoms with Gasteiger partial charge in [0.15, 0.2) is 10.8 Å². The Kier molecular flexibility index (Phi) is 3.82. The molecule has 1 amide bonds. The van der Waals surface area contributed by atoms with Crippen molar-refractivity contribution >= 4 is 22.4 Å². The number of carbonyl (C=O) groups is 1. The van der Waals surface area contributed by atoms with Crippen LogP contribution in [0.1, 0.15) is 52.5 Å². The van der Waals surface area contributed by atoms with Gasteiger partial charge in [0.05, 0.1) is 5.69 Å². The molecule has 0 spiro atoms. The first-order valence-corrected chi connectivity index (χ1v) is 7.77. The summed E-state index contributed by atoms with van der Waals surface area (Å²) in [6.45, 7) is 1.76. The number of aryl methyl sites for hydroxylation is 3. The fourth-order valence-corrected chi connectivity index (χ4v) is 3.44. The fourth-order valence-electron chi connectivity index (χ4n) is 2.39. The number of carbonyl (C=O) groups excluding carboxylic acids is 1. The van der Waals surface area contributed by atoms with Crippen LogP contribution in [0.3, 0.4) is 0 Å².